The third-order valence-electron chi connectivity index (χ3n) is 3.32. The minimum absolute atomic E-state index is 0.0121. The van der Waals surface area contributed by atoms with Gasteiger partial charge in [-0.05, 0) is 26.2 Å². The van der Waals surface area contributed by atoms with Crippen LogP contribution in [-0.4, -0.2) is 56.2 Å². The van der Waals surface area contributed by atoms with E-state index in [1.165, 1.54) is 4.90 Å². The van der Waals surface area contributed by atoms with Crippen LogP contribution >= 0.6 is 0 Å². The van der Waals surface area contributed by atoms with Crippen molar-refractivity contribution in [1.82, 2.24) is 4.90 Å². The Morgan fingerprint density at radius 3 is 2.63 bits per heavy atom. The first kappa shape index (κ1) is 15.9. The minimum Gasteiger partial charge on any atom is -0.465 e. The van der Waals surface area contributed by atoms with Crippen molar-refractivity contribution in [2.45, 2.75) is 32.2 Å². The highest BCUT2D eigenvalue weighted by Crippen LogP contribution is 2.25. The van der Waals surface area contributed by atoms with Crippen molar-refractivity contribution in [1.29, 1.82) is 0 Å². The average Bonchev–Trinajstić information content (AvgIpc) is 2.80. The number of ether oxygens (including phenoxy) is 2. The Hall–Kier alpha value is -1.14. The molecule has 0 aromatic carbocycles. The normalized spacial score (nSPS) is 22.3. The number of esters is 1. The first-order valence-electron chi connectivity index (χ1n) is 6.77. The van der Waals surface area contributed by atoms with Crippen LogP contribution in [0.15, 0.2) is 0 Å². The van der Waals surface area contributed by atoms with Gasteiger partial charge >= 0.3 is 5.97 Å². The summed E-state index contributed by atoms with van der Waals surface area (Å²) in [6.07, 6.45) is 2.37. The maximum Gasteiger partial charge on any atom is 0.325 e. The van der Waals surface area contributed by atoms with E-state index >= 15 is 0 Å². The zero-order valence-corrected chi connectivity index (χ0v) is 11.8. The molecule has 0 aromatic rings. The van der Waals surface area contributed by atoms with E-state index in [1.54, 1.807) is 14.0 Å². The van der Waals surface area contributed by atoms with Gasteiger partial charge in [-0.2, -0.15) is 0 Å². The molecule has 0 aromatic heterocycles. The fourth-order valence-electron chi connectivity index (χ4n) is 2.33. The molecule has 0 saturated heterocycles. The Bertz CT molecular complexity index is 309. The SMILES string of the molecule is CCOC(=O)CN(CCOC)C(=O)C1CCC(N)C1. The van der Waals surface area contributed by atoms with Crippen molar-refractivity contribution >= 4 is 11.9 Å². The fraction of sp³-hybridized carbons (Fsp3) is 0.846. The largest absolute Gasteiger partial charge is 0.465 e. The standard InChI is InChI=1S/C13H24N2O4/c1-3-19-12(16)9-15(6-7-18-2)13(17)10-4-5-11(14)8-10/h10-11H,3-9,14H2,1-2H3. The topological polar surface area (TPSA) is 81.9 Å². The third kappa shape index (κ3) is 5.16. The number of methoxy groups -OCH3 is 1. The van der Waals surface area contributed by atoms with E-state index < -0.39 is 0 Å². The average molecular weight is 272 g/mol. The Balaban J connectivity index is 2.56. The van der Waals surface area contributed by atoms with Crippen LogP contribution < -0.4 is 5.73 Å². The van der Waals surface area contributed by atoms with Gasteiger partial charge in [0.25, 0.3) is 0 Å². The predicted molar refractivity (Wildman–Crippen MR) is 70.4 cm³/mol. The van der Waals surface area contributed by atoms with E-state index in [-0.39, 0.29) is 30.4 Å². The fourth-order valence-corrected chi connectivity index (χ4v) is 2.33. The molecule has 1 amide bonds. The summed E-state index contributed by atoms with van der Waals surface area (Å²) in [5.74, 6) is -0.464. The van der Waals surface area contributed by atoms with Crippen molar-refractivity contribution < 1.29 is 19.1 Å². The second kappa shape index (κ2) is 8.12. The molecule has 1 rings (SSSR count). The van der Waals surface area contributed by atoms with Gasteiger partial charge in [-0.3, -0.25) is 9.59 Å². The molecular weight excluding hydrogens is 248 g/mol. The van der Waals surface area contributed by atoms with Crippen molar-refractivity contribution in [2.24, 2.45) is 11.7 Å². The summed E-state index contributed by atoms with van der Waals surface area (Å²) >= 11 is 0. The van der Waals surface area contributed by atoms with E-state index in [4.69, 9.17) is 15.2 Å². The number of carbonyl (C=O) groups excluding carboxylic acids is 2. The van der Waals surface area contributed by atoms with Gasteiger partial charge in [0.15, 0.2) is 0 Å². The van der Waals surface area contributed by atoms with Gasteiger partial charge in [-0.15, -0.1) is 0 Å². The molecule has 2 atom stereocenters. The molecule has 0 spiro atoms. The summed E-state index contributed by atoms with van der Waals surface area (Å²) in [4.78, 5) is 25.4. The van der Waals surface area contributed by atoms with Crippen molar-refractivity contribution in [3.8, 4) is 0 Å². The molecule has 19 heavy (non-hydrogen) atoms. The molecule has 2 unspecified atom stereocenters. The molecule has 6 heteroatoms. The number of rotatable bonds is 7. The maximum absolute atomic E-state index is 12.3. The maximum atomic E-state index is 12.3. The van der Waals surface area contributed by atoms with E-state index in [0.717, 1.165) is 12.8 Å². The Morgan fingerprint density at radius 1 is 1.37 bits per heavy atom. The quantitative estimate of drug-likeness (QED) is 0.667. The highest BCUT2D eigenvalue weighted by atomic mass is 16.5. The van der Waals surface area contributed by atoms with E-state index in [2.05, 4.69) is 0 Å². The monoisotopic (exact) mass is 272 g/mol. The number of carbonyl (C=O) groups is 2. The lowest BCUT2D eigenvalue weighted by Crippen LogP contribution is -2.41. The number of hydrogen-bond acceptors (Lipinski definition) is 5. The summed E-state index contributed by atoms with van der Waals surface area (Å²) < 4.78 is 9.87. The summed E-state index contributed by atoms with van der Waals surface area (Å²) in [5.41, 5.74) is 5.83. The van der Waals surface area contributed by atoms with Crippen molar-refractivity contribution in [3.63, 3.8) is 0 Å². The van der Waals surface area contributed by atoms with Crippen LogP contribution in [0.25, 0.3) is 0 Å². The second-order valence-corrected chi connectivity index (χ2v) is 4.83. The van der Waals surface area contributed by atoms with Crippen LogP contribution in [0, 0.1) is 5.92 Å². The molecule has 1 aliphatic rings. The summed E-state index contributed by atoms with van der Waals surface area (Å²) in [7, 11) is 1.57. The van der Waals surface area contributed by atoms with Crippen molar-refractivity contribution in [3.05, 3.63) is 0 Å². The van der Waals surface area contributed by atoms with Gasteiger partial charge < -0.3 is 20.1 Å². The third-order valence-corrected chi connectivity index (χ3v) is 3.32. The number of nitrogens with zero attached hydrogens (tertiary/aromatic N) is 1. The van der Waals surface area contributed by atoms with E-state index in [9.17, 15) is 9.59 Å². The second-order valence-electron chi connectivity index (χ2n) is 4.83. The smallest absolute Gasteiger partial charge is 0.325 e. The van der Waals surface area contributed by atoms with Gasteiger partial charge in [-0.1, -0.05) is 0 Å². The molecule has 1 fully saturated rings. The molecule has 110 valence electrons. The first-order chi connectivity index (χ1) is 9.08. The molecule has 1 saturated carbocycles. The molecule has 2 N–H and O–H groups in total. The molecule has 0 heterocycles. The number of hydrogen-bond donors (Lipinski definition) is 1. The predicted octanol–water partition coefficient (Wildman–Crippen LogP) is 0.152. The van der Waals surface area contributed by atoms with Crippen LogP contribution in [0.4, 0.5) is 0 Å². The molecule has 6 nitrogen and oxygen atoms in total. The zero-order chi connectivity index (χ0) is 14.3. The van der Waals surface area contributed by atoms with Gasteiger partial charge in [-0.25, -0.2) is 0 Å². The van der Waals surface area contributed by atoms with Crippen LogP contribution in [0.2, 0.25) is 0 Å². The minimum atomic E-state index is -0.380. The molecule has 1 aliphatic carbocycles. The highest BCUT2D eigenvalue weighted by molar-refractivity contribution is 5.84. The van der Waals surface area contributed by atoms with E-state index in [0.29, 0.717) is 26.2 Å². The Morgan fingerprint density at radius 2 is 2.11 bits per heavy atom. The summed E-state index contributed by atoms with van der Waals surface area (Å²) in [6, 6.07) is 0.0980. The van der Waals surface area contributed by atoms with Crippen LogP contribution in [-0.2, 0) is 19.1 Å². The van der Waals surface area contributed by atoms with Crippen molar-refractivity contribution in [2.75, 3.05) is 33.4 Å². The van der Waals surface area contributed by atoms with Gasteiger partial charge in [0.05, 0.1) is 13.2 Å². The van der Waals surface area contributed by atoms with Gasteiger partial charge in [0, 0.05) is 25.6 Å². The molecule has 0 radical (unpaired) electrons. The highest BCUT2D eigenvalue weighted by Gasteiger charge is 2.31. The molecular formula is C13H24N2O4. The van der Waals surface area contributed by atoms with Gasteiger partial charge in [0.2, 0.25) is 5.91 Å². The van der Waals surface area contributed by atoms with Crippen LogP contribution in [0.5, 0.6) is 0 Å². The first-order valence-corrected chi connectivity index (χ1v) is 6.77. The number of amides is 1. The lowest BCUT2D eigenvalue weighted by Gasteiger charge is -2.24. The lowest BCUT2D eigenvalue weighted by atomic mass is 10.1. The molecule has 0 aliphatic heterocycles. The zero-order valence-electron chi connectivity index (χ0n) is 11.8. The lowest BCUT2D eigenvalue weighted by molar-refractivity contribution is -0.150. The van der Waals surface area contributed by atoms with Gasteiger partial charge in [0.1, 0.15) is 6.54 Å². The Kier molecular flexibility index (Phi) is 6.80. The van der Waals surface area contributed by atoms with Crippen LogP contribution in [0.1, 0.15) is 26.2 Å². The molecule has 0 bridgehead atoms. The number of nitrogens with two attached hydrogens (primary N) is 1. The summed E-state index contributed by atoms with van der Waals surface area (Å²) in [5, 5.41) is 0. The van der Waals surface area contributed by atoms with E-state index in [1.807, 2.05) is 0 Å². The van der Waals surface area contributed by atoms with Crippen LogP contribution in [0.3, 0.4) is 0 Å². The summed E-state index contributed by atoms with van der Waals surface area (Å²) in [6.45, 7) is 2.86. The Labute approximate surface area is 114 Å².